The minimum atomic E-state index is -0.401. The molecule has 0 radical (unpaired) electrons. The van der Waals surface area contributed by atoms with Gasteiger partial charge in [-0.2, -0.15) is 0 Å². The SMILES string of the molecule is Cc1nc(CN2CCC(=O)NC(CC(C)C)C2=O)sc1C. The molecule has 2 rings (SSSR count). The summed E-state index contributed by atoms with van der Waals surface area (Å²) in [5, 5.41) is 3.79. The van der Waals surface area contributed by atoms with E-state index in [1.165, 1.54) is 4.88 Å². The molecule has 0 saturated carbocycles. The van der Waals surface area contributed by atoms with Crippen molar-refractivity contribution in [1.82, 2.24) is 15.2 Å². The fourth-order valence-electron chi connectivity index (χ4n) is 2.45. The van der Waals surface area contributed by atoms with Crippen LogP contribution in [-0.4, -0.2) is 34.3 Å². The second kappa shape index (κ2) is 6.56. The predicted octanol–water partition coefficient (Wildman–Crippen LogP) is 2.02. The van der Waals surface area contributed by atoms with E-state index in [1.807, 2.05) is 13.8 Å². The Balaban J connectivity index is 2.13. The molecule has 0 bridgehead atoms. The van der Waals surface area contributed by atoms with Crippen molar-refractivity contribution >= 4 is 23.2 Å². The number of carbonyl (C=O) groups is 2. The first-order valence-electron chi connectivity index (χ1n) is 7.38. The maximum Gasteiger partial charge on any atom is 0.245 e. The molecule has 1 fully saturated rings. The van der Waals surface area contributed by atoms with Gasteiger partial charge in [0.25, 0.3) is 0 Å². The van der Waals surface area contributed by atoms with Gasteiger partial charge in [-0.25, -0.2) is 4.98 Å². The molecule has 2 amide bonds. The van der Waals surface area contributed by atoms with Gasteiger partial charge in [0.15, 0.2) is 0 Å². The van der Waals surface area contributed by atoms with E-state index >= 15 is 0 Å². The third-order valence-corrected chi connectivity index (χ3v) is 4.72. The zero-order valence-corrected chi connectivity index (χ0v) is 13.9. The Morgan fingerprint density at radius 3 is 2.67 bits per heavy atom. The van der Waals surface area contributed by atoms with Crippen LogP contribution in [0, 0.1) is 19.8 Å². The van der Waals surface area contributed by atoms with Crippen molar-refractivity contribution in [2.75, 3.05) is 6.54 Å². The second-order valence-electron chi connectivity index (χ2n) is 6.01. The van der Waals surface area contributed by atoms with Crippen LogP contribution in [0.25, 0.3) is 0 Å². The number of amides is 2. The number of hydrogen-bond acceptors (Lipinski definition) is 4. The average molecular weight is 309 g/mol. The van der Waals surface area contributed by atoms with E-state index in [9.17, 15) is 9.59 Å². The number of hydrogen-bond donors (Lipinski definition) is 1. The summed E-state index contributed by atoms with van der Waals surface area (Å²) in [7, 11) is 0. The Kier molecular flexibility index (Phi) is 4.98. The molecular weight excluding hydrogens is 286 g/mol. The molecule has 1 aliphatic rings. The molecular formula is C15H23N3O2S. The van der Waals surface area contributed by atoms with Crippen LogP contribution in [0.1, 0.15) is 42.3 Å². The molecule has 1 aromatic heterocycles. The lowest BCUT2D eigenvalue weighted by molar-refractivity contribution is -0.134. The molecule has 2 heterocycles. The Morgan fingerprint density at radius 2 is 2.10 bits per heavy atom. The highest BCUT2D eigenvalue weighted by Crippen LogP contribution is 2.20. The van der Waals surface area contributed by atoms with Crippen molar-refractivity contribution in [3.8, 4) is 0 Å². The fraction of sp³-hybridized carbons (Fsp3) is 0.667. The fourth-order valence-corrected chi connectivity index (χ4v) is 3.40. The first-order valence-corrected chi connectivity index (χ1v) is 8.19. The first kappa shape index (κ1) is 15.9. The van der Waals surface area contributed by atoms with E-state index in [0.717, 1.165) is 10.7 Å². The summed E-state index contributed by atoms with van der Waals surface area (Å²) in [6.07, 6.45) is 1.04. The molecule has 1 unspecified atom stereocenters. The first-order chi connectivity index (χ1) is 9.86. The van der Waals surface area contributed by atoms with Crippen molar-refractivity contribution in [2.45, 2.75) is 53.1 Å². The van der Waals surface area contributed by atoms with E-state index in [1.54, 1.807) is 16.2 Å². The largest absolute Gasteiger partial charge is 0.344 e. The highest BCUT2D eigenvalue weighted by atomic mass is 32.1. The topological polar surface area (TPSA) is 62.3 Å². The van der Waals surface area contributed by atoms with Gasteiger partial charge >= 0.3 is 0 Å². The number of thiazole rings is 1. The predicted molar refractivity (Wildman–Crippen MR) is 83.0 cm³/mol. The molecule has 0 spiro atoms. The summed E-state index contributed by atoms with van der Waals surface area (Å²) < 4.78 is 0. The van der Waals surface area contributed by atoms with Crippen LogP contribution >= 0.6 is 11.3 Å². The maximum atomic E-state index is 12.6. The number of carbonyl (C=O) groups excluding carboxylic acids is 2. The van der Waals surface area contributed by atoms with Crippen LogP contribution in [0.5, 0.6) is 0 Å². The van der Waals surface area contributed by atoms with Crippen LogP contribution in [0.3, 0.4) is 0 Å². The van der Waals surface area contributed by atoms with Crippen LogP contribution < -0.4 is 5.32 Å². The van der Waals surface area contributed by atoms with E-state index in [2.05, 4.69) is 24.1 Å². The zero-order chi connectivity index (χ0) is 15.6. The average Bonchev–Trinajstić information content (AvgIpc) is 2.64. The Hall–Kier alpha value is -1.43. The van der Waals surface area contributed by atoms with Crippen LogP contribution in [0.15, 0.2) is 0 Å². The lowest BCUT2D eigenvalue weighted by Gasteiger charge is -2.24. The summed E-state index contributed by atoms with van der Waals surface area (Å²) in [5.41, 5.74) is 1.02. The second-order valence-corrected chi connectivity index (χ2v) is 7.30. The van der Waals surface area contributed by atoms with Gasteiger partial charge in [-0.05, 0) is 26.2 Å². The summed E-state index contributed by atoms with van der Waals surface area (Å²) in [4.78, 5) is 31.8. The molecule has 6 heteroatoms. The van der Waals surface area contributed by atoms with E-state index in [4.69, 9.17) is 0 Å². The number of aryl methyl sites for hydroxylation is 2. The molecule has 21 heavy (non-hydrogen) atoms. The minimum absolute atomic E-state index is 0.0139. The smallest absolute Gasteiger partial charge is 0.245 e. The van der Waals surface area contributed by atoms with Gasteiger partial charge in [-0.15, -0.1) is 11.3 Å². The summed E-state index contributed by atoms with van der Waals surface area (Å²) in [5.74, 6) is 0.339. The van der Waals surface area contributed by atoms with Gasteiger partial charge in [0.1, 0.15) is 11.0 Å². The van der Waals surface area contributed by atoms with E-state index in [0.29, 0.717) is 31.8 Å². The monoisotopic (exact) mass is 309 g/mol. The van der Waals surface area contributed by atoms with Crippen LogP contribution in [0.4, 0.5) is 0 Å². The molecule has 0 aromatic carbocycles. The Bertz CT molecular complexity index is 520. The molecule has 1 aromatic rings. The highest BCUT2D eigenvalue weighted by molar-refractivity contribution is 7.11. The van der Waals surface area contributed by atoms with Gasteiger partial charge in [0.05, 0.1) is 12.2 Å². The highest BCUT2D eigenvalue weighted by Gasteiger charge is 2.30. The molecule has 1 atom stereocenters. The molecule has 1 aliphatic heterocycles. The Morgan fingerprint density at radius 1 is 1.38 bits per heavy atom. The molecule has 1 N–H and O–H groups in total. The number of rotatable bonds is 4. The maximum absolute atomic E-state index is 12.6. The zero-order valence-electron chi connectivity index (χ0n) is 13.1. The third-order valence-electron chi connectivity index (χ3n) is 3.66. The number of nitrogens with zero attached hydrogens (tertiary/aromatic N) is 2. The van der Waals surface area contributed by atoms with Crippen LogP contribution in [-0.2, 0) is 16.1 Å². The lowest BCUT2D eigenvalue weighted by Crippen LogP contribution is -2.45. The van der Waals surface area contributed by atoms with Crippen molar-refractivity contribution in [2.24, 2.45) is 5.92 Å². The summed E-state index contributed by atoms with van der Waals surface area (Å²) in [6, 6.07) is -0.401. The van der Waals surface area contributed by atoms with Crippen molar-refractivity contribution in [1.29, 1.82) is 0 Å². The van der Waals surface area contributed by atoms with Crippen molar-refractivity contribution in [3.63, 3.8) is 0 Å². The van der Waals surface area contributed by atoms with Crippen molar-refractivity contribution < 1.29 is 9.59 Å². The number of nitrogens with one attached hydrogen (secondary N) is 1. The van der Waals surface area contributed by atoms with E-state index < -0.39 is 6.04 Å². The quantitative estimate of drug-likeness (QED) is 0.925. The van der Waals surface area contributed by atoms with Gasteiger partial charge in [0, 0.05) is 17.8 Å². The van der Waals surface area contributed by atoms with Gasteiger partial charge < -0.3 is 10.2 Å². The van der Waals surface area contributed by atoms with Gasteiger partial charge in [-0.3, -0.25) is 9.59 Å². The Labute approximate surface area is 129 Å². The standard InChI is InChI=1S/C15H23N3O2S/c1-9(2)7-12-15(20)18(6-5-13(19)17-12)8-14-16-10(3)11(4)21-14/h9,12H,5-8H2,1-4H3,(H,17,19). The van der Waals surface area contributed by atoms with E-state index in [-0.39, 0.29) is 11.8 Å². The van der Waals surface area contributed by atoms with Crippen molar-refractivity contribution in [3.05, 3.63) is 15.6 Å². The normalized spacial score (nSPS) is 19.9. The number of aromatic nitrogens is 1. The molecule has 1 saturated heterocycles. The lowest BCUT2D eigenvalue weighted by atomic mass is 10.0. The van der Waals surface area contributed by atoms with Gasteiger partial charge in [-0.1, -0.05) is 13.8 Å². The third kappa shape index (κ3) is 4.03. The molecule has 116 valence electrons. The van der Waals surface area contributed by atoms with Gasteiger partial charge in [0.2, 0.25) is 11.8 Å². The summed E-state index contributed by atoms with van der Waals surface area (Å²) >= 11 is 1.62. The minimum Gasteiger partial charge on any atom is -0.344 e. The summed E-state index contributed by atoms with van der Waals surface area (Å²) in [6.45, 7) is 9.10. The molecule has 0 aliphatic carbocycles. The van der Waals surface area contributed by atoms with Crippen LogP contribution in [0.2, 0.25) is 0 Å². The molecule has 5 nitrogen and oxygen atoms in total.